The topological polar surface area (TPSA) is 3.24 Å². The molecule has 1 aliphatic rings. The van der Waals surface area contributed by atoms with Crippen LogP contribution in [-0.2, 0) is 0 Å². The highest BCUT2D eigenvalue weighted by atomic mass is 15.2. The SMILES string of the molecule is CCC(C)N1CCC(C)C1C. The van der Waals surface area contributed by atoms with Crippen molar-refractivity contribution in [2.75, 3.05) is 6.54 Å². The third kappa shape index (κ3) is 1.76. The maximum atomic E-state index is 2.64. The fraction of sp³-hybridized carbons (Fsp3) is 1.00. The molecule has 0 aromatic carbocycles. The van der Waals surface area contributed by atoms with Gasteiger partial charge < -0.3 is 0 Å². The summed E-state index contributed by atoms with van der Waals surface area (Å²) in [5.41, 5.74) is 0. The largest absolute Gasteiger partial charge is 0.298 e. The predicted octanol–water partition coefficient (Wildman–Crippen LogP) is 2.52. The molecule has 0 spiro atoms. The monoisotopic (exact) mass is 155 g/mol. The first-order valence-electron chi connectivity index (χ1n) is 4.92. The maximum Gasteiger partial charge on any atom is 0.00958 e. The fourth-order valence-corrected chi connectivity index (χ4v) is 1.98. The molecule has 1 heteroatoms. The number of likely N-dealkylation sites (tertiary alicyclic amines) is 1. The fourth-order valence-electron chi connectivity index (χ4n) is 1.98. The standard InChI is InChI=1S/C10H21N/c1-5-9(3)11-7-6-8(2)10(11)4/h8-10H,5-7H2,1-4H3. The van der Waals surface area contributed by atoms with E-state index in [4.69, 9.17) is 0 Å². The van der Waals surface area contributed by atoms with E-state index in [1.807, 2.05) is 0 Å². The molecule has 11 heavy (non-hydrogen) atoms. The van der Waals surface area contributed by atoms with E-state index in [1.165, 1.54) is 19.4 Å². The highest BCUT2D eigenvalue weighted by molar-refractivity contribution is 4.83. The van der Waals surface area contributed by atoms with Crippen LogP contribution in [0, 0.1) is 5.92 Å². The first-order valence-corrected chi connectivity index (χ1v) is 4.92. The molecule has 0 N–H and O–H groups in total. The summed E-state index contributed by atoms with van der Waals surface area (Å²) in [6, 6.07) is 1.60. The summed E-state index contributed by atoms with van der Waals surface area (Å²) in [7, 11) is 0. The van der Waals surface area contributed by atoms with Gasteiger partial charge in [0.2, 0.25) is 0 Å². The average Bonchev–Trinajstić information content (AvgIpc) is 2.32. The van der Waals surface area contributed by atoms with Crippen LogP contribution in [0.4, 0.5) is 0 Å². The summed E-state index contributed by atoms with van der Waals surface area (Å²) in [6.07, 6.45) is 2.68. The summed E-state index contributed by atoms with van der Waals surface area (Å²) in [4.78, 5) is 2.64. The van der Waals surface area contributed by atoms with Gasteiger partial charge in [0.15, 0.2) is 0 Å². The lowest BCUT2D eigenvalue weighted by Crippen LogP contribution is -2.36. The van der Waals surface area contributed by atoms with Crippen molar-refractivity contribution in [1.29, 1.82) is 0 Å². The second-order valence-electron chi connectivity index (χ2n) is 4.00. The minimum atomic E-state index is 0.787. The smallest absolute Gasteiger partial charge is 0.00958 e. The lowest BCUT2D eigenvalue weighted by atomic mass is 10.0. The summed E-state index contributed by atoms with van der Waals surface area (Å²) < 4.78 is 0. The van der Waals surface area contributed by atoms with Crippen molar-refractivity contribution < 1.29 is 0 Å². The van der Waals surface area contributed by atoms with Gasteiger partial charge in [0.25, 0.3) is 0 Å². The molecule has 1 heterocycles. The molecule has 0 saturated carbocycles. The van der Waals surface area contributed by atoms with E-state index in [-0.39, 0.29) is 0 Å². The molecule has 1 saturated heterocycles. The Kier molecular flexibility index (Phi) is 2.94. The van der Waals surface area contributed by atoms with Crippen LogP contribution in [0.15, 0.2) is 0 Å². The van der Waals surface area contributed by atoms with Crippen LogP contribution in [-0.4, -0.2) is 23.5 Å². The number of hydrogen-bond donors (Lipinski definition) is 0. The van der Waals surface area contributed by atoms with E-state index in [0.29, 0.717) is 0 Å². The highest BCUT2D eigenvalue weighted by Crippen LogP contribution is 2.25. The van der Waals surface area contributed by atoms with Gasteiger partial charge in [-0.1, -0.05) is 13.8 Å². The molecule has 1 aliphatic heterocycles. The second kappa shape index (κ2) is 3.57. The molecule has 3 unspecified atom stereocenters. The predicted molar refractivity (Wildman–Crippen MR) is 49.7 cm³/mol. The molecule has 0 aromatic rings. The van der Waals surface area contributed by atoms with Crippen LogP contribution in [0.3, 0.4) is 0 Å². The molecular formula is C10H21N. The Bertz CT molecular complexity index is 122. The van der Waals surface area contributed by atoms with Gasteiger partial charge in [-0.3, -0.25) is 4.90 Å². The quantitative estimate of drug-likeness (QED) is 0.592. The van der Waals surface area contributed by atoms with Crippen molar-refractivity contribution in [3.05, 3.63) is 0 Å². The van der Waals surface area contributed by atoms with Crippen molar-refractivity contribution in [1.82, 2.24) is 4.90 Å². The van der Waals surface area contributed by atoms with Crippen molar-refractivity contribution in [2.24, 2.45) is 5.92 Å². The van der Waals surface area contributed by atoms with Crippen LogP contribution in [0.25, 0.3) is 0 Å². The van der Waals surface area contributed by atoms with Gasteiger partial charge in [0, 0.05) is 12.1 Å². The van der Waals surface area contributed by atoms with E-state index < -0.39 is 0 Å². The third-order valence-corrected chi connectivity index (χ3v) is 3.35. The molecule has 0 aromatic heterocycles. The van der Waals surface area contributed by atoms with E-state index in [1.54, 1.807) is 0 Å². The Hall–Kier alpha value is -0.0400. The zero-order valence-corrected chi connectivity index (χ0v) is 8.30. The molecule has 1 nitrogen and oxygen atoms in total. The van der Waals surface area contributed by atoms with Gasteiger partial charge >= 0.3 is 0 Å². The second-order valence-corrected chi connectivity index (χ2v) is 4.00. The summed E-state index contributed by atoms with van der Waals surface area (Å²) in [5, 5.41) is 0. The Morgan fingerprint density at radius 2 is 2.09 bits per heavy atom. The molecule has 0 aliphatic carbocycles. The molecule has 1 rings (SSSR count). The summed E-state index contributed by atoms with van der Waals surface area (Å²) in [5.74, 6) is 0.906. The van der Waals surface area contributed by atoms with Crippen LogP contribution in [0.1, 0.15) is 40.5 Å². The minimum absolute atomic E-state index is 0.787. The van der Waals surface area contributed by atoms with Crippen molar-refractivity contribution in [3.8, 4) is 0 Å². The highest BCUT2D eigenvalue weighted by Gasteiger charge is 2.29. The van der Waals surface area contributed by atoms with Crippen molar-refractivity contribution >= 4 is 0 Å². The summed E-state index contributed by atoms with van der Waals surface area (Å²) in [6.45, 7) is 10.7. The van der Waals surface area contributed by atoms with E-state index >= 15 is 0 Å². The maximum absolute atomic E-state index is 2.64. The van der Waals surface area contributed by atoms with Crippen LogP contribution in [0.5, 0.6) is 0 Å². The third-order valence-electron chi connectivity index (χ3n) is 3.35. The summed E-state index contributed by atoms with van der Waals surface area (Å²) >= 11 is 0. The van der Waals surface area contributed by atoms with Gasteiger partial charge in [-0.05, 0) is 39.2 Å². The zero-order chi connectivity index (χ0) is 8.43. The molecule has 1 fully saturated rings. The van der Waals surface area contributed by atoms with Crippen molar-refractivity contribution in [2.45, 2.75) is 52.6 Å². The van der Waals surface area contributed by atoms with Gasteiger partial charge in [-0.15, -0.1) is 0 Å². The normalized spacial score (nSPS) is 36.0. The van der Waals surface area contributed by atoms with Gasteiger partial charge in [-0.2, -0.15) is 0 Å². The first kappa shape index (κ1) is 9.05. The lowest BCUT2D eigenvalue weighted by molar-refractivity contribution is 0.183. The van der Waals surface area contributed by atoms with Crippen LogP contribution in [0.2, 0.25) is 0 Å². The molecule has 0 amide bonds. The Morgan fingerprint density at radius 3 is 2.45 bits per heavy atom. The van der Waals surface area contributed by atoms with Gasteiger partial charge in [0.1, 0.15) is 0 Å². The molecule has 0 radical (unpaired) electrons. The first-order chi connectivity index (χ1) is 5.16. The Balaban J connectivity index is 2.47. The number of nitrogens with zero attached hydrogens (tertiary/aromatic N) is 1. The lowest BCUT2D eigenvalue weighted by Gasteiger charge is -2.28. The number of hydrogen-bond acceptors (Lipinski definition) is 1. The van der Waals surface area contributed by atoms with Crippen LogP contribution >= 0.6 is 0 Å². The van der Waals surface area contributed by atoms with Crippen LogP contribution < -0.4 is 0 Å². The average molecular weight is 155 g/mol. The van der Waals surface area contributed by atoms with Gasteiger partial charge in [0.05, 0.1) is 0 Å². The van der Waals surface area contributed by atoms with Gasteiger partial charge in [-0.25, -0.2) is 0 Å². The number of rotatable bonds is 2. The minimum Gasteiger partial charge on any atom is -0.298 e. The Morgan fingerprint density at radius 1 is 1.45 bits per heavy atom. The van der Waals surface area contributed by atoms with Crippen molar-refractivity contribution in [3.63, 3.8) is 0 Å². The Labute approximate surface area is 70.8 Å². The van der Waals surface area contributed by atoms with E-state index in [9.17, 15) is 0 Å². The molecule has 0 bridgehead atoms. The van der Waals surface area contributed by atoms with E-state index in [0.717, 1.165) is 18.0 Å². The molecular weight excluding hydrogens is 134 g/mol. The van der Waals surface area contributed by atoms with E-state index in [2.05, 4.69) is 32.6 Å². The molecule has 3 atom stereocenters. The zero-order valence-electron chi connectivity index (χ0n) is 8.30. The molecule has 66 valence electrons.